The van der Waals surface area contributed by atoms with Gasteiger partial charge in [-0.3, -0.25) is 4.90 Å². The van der Waals surface area contributed by atoms with Gasteiger partial charge in [0.25, 0.3) is 0 Å². The SMILES string of the molecule is CC(C(=O)O)(c1ccccc1)N1CCN(C(F)(F)F)CC1. The highest BCUT2D eigenvalue weighted by Gasteiger charge is 2.46. The molecule has 116 valence electrons. The summed E-state index contributed by atoms with van der Waals surface area (Å²) < 4.78 is 37.9. The molecule has 1 unspecified atom stereocenters. The van der Waals surface area contributed by atoms with Crippen molar-refractivity contribution >= 4 is 5.97 Å². The van der Waals surface area contributed by atoms with Gasteiger partial charge in [-0.1, -0.05) is 30.3 Å². The third kappa shape index (κ3) is 3.03. The normalized spacial score (nSPS) is 21.0. The molecule has 1 fully saturated rings. The molecule has 1 heterocycles. The Morgan fingerprint density at radius 3 is 1.95 bits per heavy atom. The zero-order valence-electron chi connectivity index (χ0n) is 11.6. The van der Waals surface area contributed by atoms with Gasteiger partial charge < -0.3 is 5.11 Å². The minimum atomic E-state index is -4.36. The number of halogens is 3. The molecule has 21 heavy (non-hydrogen) atoms. The van der Waals surface area contributed by atoms with Crippen LogP contribution in [0.4, 0.5) is 13.2 Å². The summed E-state index contributed by atoms with van der Waals surface area (Å²) in [4.78, 5) is 13.7. The van der Waals surface area contributed by atoms with Crippen molar-refractivity contribution in [3.63, 3.8) is 0 Å². The summed E-state index contributed by atoms with van der Waals surface area (Å²) in [6.45, 7) is 1.20. The lowest BCUT2D eigenvalue weighted by molar-refractivity contribution is -0.254. The smallest absolute Gasteiger partial charge is 0.460 e. The zero-order valence-corrected chi connectivity index (χ0v) is 11.6. The van der Waals surface area contributed by atoms with E-state index in [1.165, 1.54) is 6.92 Å². The summed E-state index contributed by atoms with van der Waals surface area (Å²) in [6, 6.07) is 8.59. The number of nitrogens with zero attached hydrogens (tertiary/aromatic N) is 2. The van der Waals surface area contributed by atoms with Crippen LogP contribution >= 0.6 is 0 Å². The highest BCUT2D eigenvalue weighted by Crippen LogP contribution is 2.31. The molecule has 7 heteroatoms. The van der Waals surface area contributed by atoms with Crippen LogP contribution in [0.25, 0.3) is 0 Å². The van der Waals surface area contributed by atoms with Gasteiger partial charge in [0, 0.05) is 26.2 Å². The fraction of sp³-hybridized carbons (Fsp3) is 0.500. The van der Waals surface area contributed by atoms with Crippen LogP contribution in [0.2, 0.25) is 0 Å². The summed E-state index contributed by atoms with van der Waals surface area (Å²) in [7, 11) is 0. The van der Waals surface area contributed by atoms with Crippen molar-refractivity contribution in [2.45, 2.75) is 18.8 Å². The number of piperazine rings is 1. The molecule has 1 N–H and O–H groups in total. The highest BCUT2D eigenvalue weighted by molar-refractivity contribution is 5.80. The Bertz CT molecular complexity index is 499. The molecule has 0 amide bonds. The van der Waals surface area contributed by atoms with Gasteiger partial charge in [-0.25, -0.2) is 9.69 Å². The lowest BCUT2D eigenvalue weighted by Crippen LogP contribution is -2.59. The number of aliphatic carboxylic acids is 1. The second-order valence-corrected chi connectivity index (χ2v) is 5.19. The van der Waals surface area contributed by atoms with Crippen LogP contribution in [0.1, 0.15) is 12.5 Å². The minimum Gasteiger partial charge on any atom is -0.480 e. The van der Waals surface area contributed by atoms with Crippen LogP contribution in [0.3, 0.4) is 0 Å². The fourth-order valence-electron chi connectivity index (χ4n) is 2.61. The van der Waals surface area contributed by atoms with Crippen LogP contribution in [-0.4, -0.2) is 53.4 Å². The molecule has 1 saturated heterocycles. The van der Waals surface area contributed by atoms with Gasteiger partial charge >= 0.3 is 12.3 Å². The van der Waals surface area contributed by atoms with Crippen molar-refractivity contribution in [2.75, 3.05) is 26.2 Å². The number of hydrogen-bond donors (Lipinski definition) is 1. The van der Waals surface area contributed by atoms with E-state index in [4.69, 9.17) is 0 Å². The number of carbonyl (C=O) groups is 1. The molecular formula is C14H17F3N2O2. The van der Waals surface area contributed by atoms with Crippen molar-refractivity contribution in [3.8, 4) is 0 Å². The summed E-state index contributed by atoms with van der Waals surface area (Å²) in [6.07, 6.45) is -4.36. The van der Waals surface area contributed by atoms with E-state index in [0.29, 0.717) is 10.5 Å². The lowest BCUT2D eigenvalue weighted by atomic mass is 9.89. The molecule has 0 bridgehead atoms. The van der Waals surface area contributed by atoms with E-state index in [9.17, 15) is 23.1 Å². The number of carboxylic acid groups (broad SMARTS) is 1. The second-order valence-electron chi connectivity index (χ2n) is 5.19. The molecule has 1 aliphatic heterocycles. The average molecular weight is 302 g/mol. The minimum absolute atomic E-state index is 0.0528. The van der Waals surface area contributed by atoms with Crippen LogP contribution in [0, 0.1) is 0 Å². The number of carboxylic acids is 1. The standard InChI is InChI=1S/C14H17F3N2O2/c1-13(12(20)21,11-5-3-2-4-6-11)18-7-9-19(10-8-18)14(15,16)17/h2-6H,7-10H2,1H3,(H,20,21). The highest BCUT2D eigenvalue weighted by atomic mass is 19.4. The molecule has 1 atom stereocenters. The first kappa shape index (κ1) is 15.8. The van der Waals surface area contributed by atoms with E-state index in [2.05, 4.69) is 0 Å². The van der Waals surface area contributed by atoms with Gasteiger partial charge in [-0.05, 0) is 12.5 Å². The van der Waals surface area contributed by atoms with E-state index in [1.807, 2.05) is 0 Å². The maximum atomic E-state index is 12.6. The van der Waals surface area contributed by atoms with E-state index < -0.39 is 17.8 Å². The zero-order chi connectivity index (χ0) is 15.7. The second kappa shape index (κ2) is 5.65. The van der Waals surface area contributed by atoms with Crippen LogP contribution in [-0.2, 0) is 10.3 Å². The van der Waals surface area contributed by atoms with Gasteiger partial charge in [0.05, 0.1) is 0 Å². The first-order chi connectivity index (χ1) is 9.76. The van der Waals surface area contributed by atoms with Gasteiger partial charge in [0.2, 0.25) is 0 Å². The molecule has 0 saturated carbocycles. The van der Waals surface area contributed by atoms with E-state index in [-0.39, 0.29) is 26.2 Å². The number of alkyl halides is 3. The van der Waals surface area contributed by atoms with Crippen molar-refractivity contribution < 1.29 is 23.1 Å². The third-order valence-corrected chi connectivity index (χ3v) is 4.02. The van der Waals surface area contributed by atoms with Crippen molar-refractivity contribution in [1.82, 2.24) is 9.80 Å². The molecule has 4 nitrogen and oxygen atoms in total. The Labute approximate surface area is 120 Å². The Hall–Kier alpha value is -1.60. The topological polar surface area (TPSA) is 43.8 Å². The molecular weight excluding hydrogens is 285 g/mol. The first-order valence-electron chi connectivity index (χ1n) is 6.62. The molecule has 2 rings (SSSR count). The number of hydrogen-bond acceptors (Lipinski definition) is 3. The Kier molecular flexibility index (Phi) is 4.25. The molecule has 1 aliphatic rings. The Morgan fingerprint density at radius 2 is 1.52 bits per heavy atom. The summed E-state index contributed by atoms with van der Waals surface area (Å²) in [5.41, 5.74) is -0.753. The van der Waals surface area contributed by atoms with Crippen molar-refractivity contribution in [2.24, 2.45) is 0 Å². The maximum absolute atomic E-state index is 12.6. The van der Waals surface area contributed by atoms with Crippen LogP contribution < -0.4 is 0 Å². The molecule has 0 aromatic heterocycles. The Morgan fingerprint density at radius 1 is 1.05 bits per heavy atom. The van der Waals surface area contributed by atoms with E-state index in [0.717, 1.165) is 0 Å². The van der Waals surface area contributed by atoms with Crippen molar-refractivity contribution in [3.05, 3.63) is 35.9 Å². The predicted molar refractivity (Wildman–Crippen MR) is 70.6 cm³/mol. The van der Waals surface area contributed by atoms with E-state index >= 15 is 0 Å². The van der Waals surface area contributed by atoms with Crippen LogP contribution in [0.15, 0.2) is 30.3 Å². The quantitative estimate of drug-likeness (QED) is 0.869. The fourth-order valence-corrected chi connectivity index (χ4v) is 2.61. The van der Waals surface area contributed by atoms with Gasteiger partial charge in [-0.15, -0.1) is 0 Å². The summed E-state index contributed by atoms with van der Waals surface area (Å²) in [5, 5.41) is 9.59. The predicted octanol–water partition coefficient (Wildman–Crippen LogP) is 2.12. The molecule has 1 aromatic carbocycles. The molecule has 0 spiro atoms. The third-order valence-electron chi connectivity index (χ3n) is 4.02. The maximum Gasteiger partial charge on any atom is 0.460 e. The monoisotopic (exact) mass is 302 g/mol. The summed E-state index contributed by atoms with van der Waals surface area (Å²) in [5.74, 6) is -1.06. The average Bonchev–Trinajstić information content (AvgIpc) is 2.46. The van der Waals surface area contributed by atoms with Crippen molar-refractivity contribution in [1.29, 1.82) is 0 Å². The van der Waals surface area contributed by atoms with Gasteiger partial charge in [-0.2, -0.15) is 13.2 Å². The van der Waals surface area contributed by atoms with Crippen LogP contribution in [0.5, 0.6) is 0 Å². The first-order valence-corrected chi connectivity index (χ1v) is 6.62. The summed E-state index contributed by atoms with van der Waals surface area (Å²) >= 11 is 0. The number of benzene rings is 1. The van der Waals surface area contributed by atoms with Gasteiger partial charge in [0.1, 0.15) is 5.54 Å². The van der Waals surface area contributed by atoms with Gasteiger partial charge in [0.15, 0.2) is 0 Å². The van der Waals surface area contributed by atoms with E-state index in [1.54, 1.807) is 35.2 Å². The number of rotatable bonds is 3. The molecule has 0 aliphatic carbocycles. The Balaban J connectivity index is 2.21. The lowest BCUT2D eigenvalue weighted by Gasteiger charge is -2.43. The molecule has 0 radical (unpaired) electrons. The largest absolute Gasteiger partial charge is 0.480 e. The molecule has 1 aromatic rings.